The van der Waals surface area contributed by atoms with Crippen molar-refractivity contribution in [2.24, 2.45) is 5.92 Å². The van der Waals surface area contributed by atoms with Crippen LogP contribution in [0.15, 0.2) is 42.5 Å². The molecule has 4 heteroatoms. The molecule has 2 aromatic carbocycles. The molecule has 0 saturated heterocycles. The van der Waals surface area contributed by atoms with Crippen LogP contribution >= 0.6 is 11.6 Å². The van der Waals surface area contributed by atoms with Crippen LogP contribution in [0.1, 0.15) is 53.6 Å². The van der Waals surface area contributed by atoms with Crippen molar-refractivity contribution in [3.05, 3.63) is 70.0 Å². The molecular formula is C22H24ClFO2. The molecular weight excluding hydrogens is 351 g/mol. The zero-order valence-electron chi connectivity index (χ0n) is 14.8. The summed E-state index contributed by atoms with van der Waals surface area (Å²) in [6, 6.07) is 11.9. The fourth-order valence-corrected chi connectivity index (χ4v) is 3.82. The SMILES string of the molecule is O=C(CCC(O)CCC1CCc2ccc(F)cc2C1)c1ccc(Cl)cc1. The maximum Gasteiger partial charge on any atom is 0.162 e. The van der Waals surface area contributed by atoms with Gasteiger partial charge in [-0.05, 0) is 92.0 Å². The predicted octanol–water partition coefficient (Wildman–Crippen LogP) is 5.39. The molecule has 0 amide bonds. The van der Waals surface area contributed by atoms with E-state index in [0.29, 0.717) is 35.8 Å². The van der Waals surface area contributed by atoms with E-state index in [1.807, 2.05) is 6.07 Å². The topological polar surface area (TPSA) is 37.3 Å². The molecule has 0 fully saturated rings. The number of fused-ring (bicyclic) bond motifs is 1. The van der Waals surface area contributed by atoms with Crippen LogP contribution in [-0.4, -0.2) is 17.0 Å². The zero-order chi connectivity index (χ0) is 18.5. The summed E-state index contributed by atoms with van der Waals surface area (Å²) < 4.78 is 13.4. The molecule has 0 spiro atoms. The van der Waals surface area contributed by atoms with Gasteiger partial charge in [-0.25, -0.2) is 4.39 Å². The highest BCUT2D eigenvalue weighted by Crippen LogP contribution is 2.29. The monoisotopic (exact) mass is 374 g/mol. The minimum atomic E-state index is -0.472. The van der Waals surface area contributed by atoms with Crippen molar-refractivity contribution in [2.45, 2.75) is 51.0 Å². The number of rotatable bonds is 7. The van der Waals surface area contributed by atoms with E-state index in [9.17, 15) is 14.3 Å². The van der Waals surface area contributed by atoms with E-state index in [0.717, 1.165) is 31.2 Å². The zero-order valence-corrected chi connectivity index (χ0v) is 15.5. The first-order valence-corrected chi connectivity index (χ1v) is 9.63. The third-order valence-corrected chi connectivity index (χ3v) is 5.53. The first kappa shape index (κ1) is 19.1. The van der Waals surface area contributed by atoms with Gasteiger partial charge in [0.2, 0.25) is 0 Å². The van der Waals surface area contributed by atoms with Gasteiger partial charge in [-0.15, -0.1) is 0 Å². The lowest BCUT2D eigenvalue weighted by atomic mass is 9.81. The van der Waals surface area contributed by atoms with Crippen LogP contribution in [0.2, 0.25) is 5.02 Å². The van der Waals surface area contributed by atoms with E-state index in [1.54, 1.807) is 30.3 Å². The second-order valence-electron chi connectivity index (χ2n) is 7.22. The molecule has 2 nitrogen and oxygen atoms in total. The summed E-state index contributed by atoms with van der Waals surface area (Å²) in [4.78, 5) is 12.1. The molecule has 0 heterocycles. The van der Waals surface area contributed by atoms with Gasteiger partial charge in [0.15, 0.2) is 5.78 Å². The maximum absolute atomic E-state index is 13.4. The number of Topliss-reactive ketones (excluding diaryl/α,β-unsaturated/α-hetero) is 1. The second-order valence-corrected chi connectivity index (χ2v) is 7.66. The number of halogens is 2. The summed E-state index contributed by atoms with van der Waals surface area (Å²) >= 11 is 5.83. The van der Waals surface area contributed by atoms with Crippen LogP contribution in [0, 0.1) is 11.7 Å². The Kier molecular flexibility index (Phi) is 6.44. The Hall–Kier alpha value is -1.71. The summed E-state index contributed by atoms with van der Waals surface area (Å²) in [5.74, 6) is 0.332. The van der Waals surface area contributed by atoms with Crippen molar-refractivity contribution in [1.29, 1.82) is 0 Å². The smallest absolute Gasteiger partial charge is 0.162 e. The molecule has 0 aromatic heterocycles. The first-order chi connectivity index (χ1) is 12.5. The van der Waals surface area contributed by atoms with Gasteiger partial charge in [0.1, 0.15) is 5.82 Å². The van der Waals surface area contributed by atoms with Crippen molar-refractivity contribution in [3.8, 4) is 0 Å². The molecule has 138 valence electrons. The average Bonchev–Trinajstić information content (AvgIpc) is 2.64. The van der Waals surface area contributed by atoms with E-state index in [2.05, 4.69) is 0 Å². The van der Waals surface area contributed by atoms with Crippen molar-refractivity contribution < 1.29 is 14.3 Å². The lowest BCUT2D eigenvalue weighted by Crippen LogP contribution is -2.17. The highest BCUT2D eigenvalue weighted by Gasteiger charge is 2.20. The first-order valence-electron chi connectivity index (χ1n) is 9.25. The molecule has 1 aliphatic rings. The Labute approximate surface area is 159 Å². The number of carbonyl (C=O) groups excluding carboxylic acids is 1. The van der Waals surface area contributed by atoms with Gasteiger partial charge in [0.25, 0.3) is 0 Å². The summed E-state index contributed by atoms with van der Waals surface area (Å²) in [5.41, 5.74) is 2.98. The fraction of sp³-hybridized carbons (Fsp3) is 0.409. The van der Waals surface area contributed by atoms with Gasteiger partial charge in [-0.1, -0.05) is 17.7 Å². The molecule has 26 heavy (non-hydrogen) atoms. The van der Waals surface area contributed by atoms with Crippen molar-refractivity contribution in [2.75, 3.05) is 0 Å². The Bertz CT molecular complexity index is 757. The van der Waals surface area contributed by atoms with Crippen molar-refractivity contribution >= 4 is 17.4 Å². The van der Waals surface area contributed by atoms with E-state index in [4.69, 9.17) is 11.6 Å². The normalized spacial score (nSPS) is 17.6. The van der Waals surface area contributed by atoms with Gasteiger partial charge in [0, 0.05) is 17.0 Å². The highest BCUT2D eigenvalue weighted by molar-refractivity contribution is 6.30. The molecule has 2 unspecified atom stereocenters. The van der Waals surface area contributed by atoms with Crippen LogP contribution in [0.3, 0.4) is 0 Å². The molecule has 0 bridgehead atoms. The second kappa shape index (κ2) is 8.79. The number of aliphatic hydroxyl groups excluding tert-OH is 1. The molecule has 0 saturated carbocycles. The van der Waals surface area contributed by atoms with Crippen LogP contribution in [0.25, 0.3) is 0 Å². The Morgan fingerprint density at radius 1 is 1.15 bits per heavy atom. The van der Waals surface area contributed by atoms with Crippen LogP contribution in [-0.2, 0) is 12.8 Å². The predicted molar refractivity (Wildman–Crippen MR) is 102 cm³/mol. The number of hydrogen-bond donors (Lipinski definition) is 1. The summed E-state index contributed by atoms with van der Waals surface area (Å²) in [5, 5.41) is 10.8. The number of aliphatic hydroxyl groups is 1. The molecule has 0 aliphatic heterocycles. The third-order valence-electron chi connectivity index (χ3n) is 5.28. The number of carbonyl (C=O) groups is 1. The Balaban J connectivity index is 1.42. The number of benzene rings is 2. The fourth-order valence-electron chi connectivity index (χ4n) is 3.70. The summed E-state index contributed by atoms with van der Waals surface area (Å²) in [6.45, 7) is 0. The van der Waals surface area contributed by atoms with Gasteiger partial charge in [-0.3, -0.25) is 4.79 Å². The lowest BCUT2D eigenvalue weighted by molar-refractivity contribution is 0.0925. The summed E-state index contributed by atoms with van der Waals surface area (Å²) in [6.07, 6.45) is 4.86. The molecule has 0 radical (unpaired) electrons. The molecule has 2 atom stereocenters. The standard InChI is InChI=1S/C22H24ClFO2/c23-19-7-4-17(5-8-19)22(26)12-11-21(25)10-2-15-1-3-16-6-9-20(24)14-18(16)13-15/h4-9,14-15,21,25H,1-3,10-13H2. The number of aryl methyl sites for hydroxylation is 1. The maximum atomic E-state index is 13.4. The van der Waals surface area contributed by atoms with Crippen molar-refractivity contribution in [1.82, 2.24) is 0 Å². The third kappa shape index (κ3) is 5.15. The number of hydrogen-bond acceptors (Lipinski definition) is 2. The largest absolute Gasteiger partial charge is 0.393 e. The minimum Gasteiger partial charge on any atom is -0.393 e. The Morgan fingerprint density at radius 3 is 2.69 bits per heavy atom. The summed E-state index contributed by atoms with van der Waals surface area (Å²) in [7, 11) is 0. The van der Waals surface area contributed by atoms with Crippen LogP contribution < -0.4 is 0 Å². The molecule has 2 aromatic rings. The lowest BCUT2D eigenvalue weighted by Gasteiger charge is -2.25. The van der Waals surface area contributed by atoms with Crippen molar-refractivity contribution in [3.63, 3.8) is 0 Å². The van der Waals surface area contributed by atoms with E-state index >= 15 is 0 Å². The van der Waals surface area contributed by atoms with Gasteiger partial charge >= 0.3 is 0 Å². The molecule has 1 N–H and O–H groups in total. The average molecular weight is 375 g/mol. The van der Waals surface area contributed by atoms with Gasteiger partial charge < -0.3 is 5.11 Å². The molecule has 3 rings (SSSR count). The van der Waals surface area contributed by atoms with Crippen LogP contribution in [0.5, 0.6) is 0 Å². The van der Waals surface area contributed by atoms with Crippen LogP contribution in [0.4, 0.5) is 4.39 Å². The highest BCUT2D eigenvalue weighted by atomic mass is 35.5. The molecule has 1 aliphatic carbocycles. The quantitative estimate of drug-likeness (QED) is 0.660. The van der Waals surface area contributed by atoms with Gasteiger partial charge in [0.05, 0.1) is 6.10 Å². The van der Waals surface area contributed by atoms with Gasteiger partial charge in [-0.2, -0.15) is 0 Å². The van der Waals surface area contributed by atoms with E-state index in [1.165, 1.54) is 11.6 Å². The Morgan fingerprint density at radius 2 is 1.92 bits per heavy atom. The number of ketones is 1. The minimum absolute atomic E-state index is 0.0304. The van der Waals surface area contributed by atoms with E-state index < -0.39 is 6.10 Å². The van der Waals surface area contributed by atoms with E-state index in [-0.39, 0.29) is 11.6 Å².